The van der Waals surface area contributed by atoms with E-state index >= 15 is 0 Å². The van der Waals surface area contributed by atoms with Crippen LogP contribution in [0.15, 0.2) is 29.2 Å². The van der Waals surface area contributed by atoms with Gasteiger partial charge < -0.3 is 5.32 Å². The van der Waals surface area contributed by atoms with Crippen LogP contribution in [0.4, 0.5) is 0 Å². The summed E-state index contributed by atoms with van der Waals surface area (Å²) in [6, 6.07) is 9.48. The number of nitrogens with zero attached hydrogens (tertiary/aromatic N) is 1. The molecule has 1 heterocycles. The van der Waals surface area contributed by atoms with Crippen molar-refractivity contribution in [3.05, 3.63) is 29.8 Å². The second-order valence-corrected chi connectivity index (χ2v) is 5.77. The van der Waals surface area contributed by atoms with Crippen LogP contribution in [0.1, 0.15) is 24.4 Å². The summed E-state index contributed by atoms with van der Waals surface area (Å²) in [6.07, 6.45) is 2.50. The lowest BCUT2D eigenvalue weighted by atomic mass is 10.0. The van der Waals surface area contributed by atoms with Crippen molar-refractivity contribution in [3.8, 4) is 0 Å². The zero-order valence-electron chi connectivity index (χ0n) is 10.8. The monoisotopic (exact) mass is 250 g/mol. The number of hydrogen-bond acceptors (Lipinski definition) is 3. The summed E-state index contributed by atoms with van der Waals surface area (Å²) in [7, 11) is 4.28. The first-order chi connectivity index (χ1) is 8.33. The number of benzene rings is 1. The molecule has 0 saturated carbocycles. The van der Waals surface area contributed by atoms with Crippen LogP contribution in [0.5, 0.6) is 0 Å². The highest BCUT2D eigenvalue weighted by Gasteiger charge is 2.23. The van der Waals surface area contributed by atoms with Crippen molar-refractivity contribution >= 4 is 11.8 Å². The summed E-state index contributed by atoms with van der Waals surface area (Å²) in [4.78, 5) is 3.99. The fourth-order valence-electron chi connectivity index (χ4n) is 2.44. The van der Waals surface area contributed by atoms with Gasteiger partial charge in [-0.15, -0.1) is 11.8 Å². The molecule has 0 fully saturated rings. The van der Waals surface area contributed by atoms with E-state index in [0.717, 1.165) is 6.54 Å². The summed E-state index contributed by atoms with van der Waals surface area (Å²) >= 11 is 2.00. The Hall–Kier alpha value is -0.510. The van der Waals surface area contributed by atoms with Gasteiger partial charge in [-0.3, -0.25) is 4.90 Å². The zero-order chi connectivity index (χ0) is 12.1. The van der Waals surface area contributed by atoms with E-state index in [1.807, 2.05) is 18.8 Å². The Bertz CT molecular complexity index is 354. The number of hydrogen-bond donors (Lipinski definition) is 1. The van der Waals surface area contributed by atoms with E-state index in [1.54, 1.807) is 0 Å². The van der Waals surface area contributed by atoms with Gasteiger partial charge in [0.1, 0.15) is 0 Å². The molecule has 1 aromatic carbocycles. The predicted molar refractivity (Wildman–Crippen MR) is 75.7 cm³/mol. The molecule has 17 heavy (non-hydrogen) atoms. The number of rotatable bonds is 5. The van der Waals surface area contributed by atoms with Gasteiger partial charge in [-0.05, 0) is 57.4 Å². The largest absolute Gasteiger partial charge is 0.320 e. The standard InChI is InChI=1S/C14H22N2S/c1-15-9-5-10-16(2)13-8-11-17-14-7-4-3-6-12(13)14/h3-4,6-7,13,15H,5,8-11H2,1-2H3. The molecule has 2 nitrogen and oxygen atoms in total. The smallest absolute Gasteiger partial charge is 0.0364 e. The Labute approximate surface area is 109 Å². The molecular formula is C14H22N2S. The Kier molecular flexibility index (Phi) is 4.89. The van der Waals surface area contributed by atoms with Crippen LogP contribution in [-0.4, -0.2) is 37.8 Å². The molecule has 0 bridgehead atoms. The molecule has 1 unspecified atom stereocenters. The van der Waals surface area contributed by atoms with Crippen LogP contribution < -0.4 is 5.32 Å². The molecule has 0 spiro atoms. The lowest BCUT2D eigenvalue weighted by Crippen LogP contribution is -2.29. The number of nitrogens with one attached hydrogen (secondary N) is 1. The maximum Gasteiger partial charge on any atom is 0.0364 e. The normalized spacial score (nSPS) is 19.4. The molecule has 94 valence electrons. The summed E-state index contributed by atoms with van der Waals surface area (Å²) < 4.78 is 0. The molecule has 1 aliphatic rings. The first-order valence-electron chi connectivity index (χ1n) is 6.39. The molecule has 0 radical (unpaired) electrons. The lowest BCUT2D eigenvalue weighted by molar-refractivity contribution is 0.232. The Morgan fingerprint density at radius 3 is 3.06 bits per heavy atom. The highest BCUT2D eigenvalue weighted by molar-refractivity contribution is 7.99. The molecule has 0 aromatic heterocycles. The first kappa shape index (κ1) is 12.9. The molecule has 1 aromatic rings. The van der Waals surface area contributed by atoms with Crippen molar-refractivity contribution in [2.45, 2.75) is 23.8 Å². The van der Waals surface area contributed by atoms with Crippen LogP contribution in [0, 0.1) is 0 Å². The molecule has 1 atom stereocenters. The summed E-state index contributed by atoms with van der Waals surface area (Å²) in [5.74, 6) is 1.25. The maximum absolute atomic E-state index is 3.21. The molecular weight excluding hydrogens is 228 g/mol. The summed E-state index contributed by atoms with van der Waals surface area (Å²) in [5.41, 5.74) is 1.52. The van der Waals surface area contributed by atoms with Gasteiger partial charge in [0.05, 0.1) is 0 Å². The van der Waals surface area contributed by atoms with E-state index in [4.69, 9.17) is 0 Å². The van der Waals surface area contributed by atoms with Gasteiger partial charge >= 0.3 is 0 Å². The van der Waals surface area contributed by atoms with Crippen LogP contribution >= 0.6 is 11.8 Å². The molecule has 3 heteroatoms. The second kappa shape index (κ2) is 6.43. The van der Waals surface area contributed by atoms with E-state index in [-0.39, 0.29) is 0 Å². The molecule has 1 aliphatic heterocycles. The fourth-order valence-corrected chi connectivity index (χ4v) is 3.55. The van der Waals surface area contributed by atoms with Crippen molar-refractivity contribution in [3.63, 3.8) is 0 Å². The third kappa shape index (κ3) is 3.24. The first-order valence-corrected chi connectivity index (χ1v) is 7.38. The molecule has 1 N–H and O–H groups in total. The Morgan fingerprint density at radius 2 is 2.24 bits per heavy atom. The Morgan fingerprint density at radius 1 is 1.41 bits per heavy atom. The minimum atomic E-state index is 0.615. The topological polar surface area (TPSA) is 15.3 Å². The lowest BCUT2D eigenvalue weighted by Gasteiger charge is -2.32. The fraction of sp³-hybridized carbons (Fsp3) is 0.571. The van der Waals surface area contributed by atoms with Gasteiger partial charge in [-0.25, -0.2) is 0 Å². The van der Waals surface area contributed by atoms with Gasteiger partial charge in [-0.2, -0.15) is 0 Å². The van der Waals surface area contributed by atoms with E-state index < -0.39 is 0 Å². The van der Waals surface area contributed by atoms with Gasteiger partial charge in [0.25, 0.3) is 0 Å². The van der Waals surface area contributed by atoms with E-state index in [9.17, 15) is 0 Å². The Balaban J connectivity index is 2.02. The summed E-state index contributed by atoms with van der Waals surface area (Å²) in [5, 5.41) is 3.21. The molecule has 0 aliphatic carbocycles. The van der Waals surface area contributed by atoms with Crippen LogP contribution in [0.25, 0.3) is 0 Å². The van der Waals surface area contributed by atoms with Gasteiger partial charge in [0.15, 0.2) is 0 Å². The third-order valence-electron chi connectivity index (χ3n) is 3.40. The maximum atomic E-state index is 3.21. The minimum absolute atomic E-state index is 0.615. The van der Waals surface area contributed by atoms with Crippen LogP contribution in [-0.2, 0) is 0 Å². The van der Waals surface area contributed by atoms with E-state index in [2.05, 4.69) is 41.5 Å². The van der Waals surface area contributed by atoms with E-state index in [0.29, 0.717) is 6.04 Å². The van der Waals surface area contributed by atoms with E-state index in [1.165, 1.54) is 35.6 Å². The quantitative estimate of drug-likeness (QED) is 0.809. The average molecular weight is 250 g/mol. The van der Waals surface area contributed by atoms with Crippen LogP contribution in [0.3, 0.4) is 0 Å². The summed E-state index contributed by atoms with van der Waals surface area (Å²) in [6.45, 7) is 2.28. The zero-order valence-corrected chi connectivity index (χ0v) is 11.6. The highest BCUT2D eigenvalue weighted by Crippen LogP contribution is 2.38. The highest BCUT2D eigenvalue weighted by atomic mass is 32.2. The third-order valence-corrected chi connectivity index (χ3v) is 4.52. The predicted octanol–water partition coefficient (Wildman–Crippen LogP) is 2.76. The molecule has 0 amide bonds. The van der Waals surface area contributed by atoms with Crippen molar-refractivity contribution < 1.29 is 0 Å². The second-order valence-electron chi connectivity index (χ2n) is 4.63. The van der Waals surface area contributed by atoms with Crippen molar-refractivity contribution in [2.75, 3.05) is 32.9 Å². The molecule has 0 saturated heterocycles. The number of thioether (sulfide) groups is 1. The number of fused-ring (bicyclic) bond motifs is 1. The van der Waals surface area contributed by atoms with Crippen molar-refractivity contribution in [1.29, 1.82) is 0 Å². The van der Waals surface area contributed by atoms with Gasteiger partial charge in [-0.1, -0.05) is 18.2 Å². The van der Waals surface area contributed by atoms with Gasteiger partial charge in [0, 0.05) is 10.9 Å². The van der Waals surface area contributed by atoms with Crippen LogP contribution in [0.2, 0.25) is 0 Å². The van der Waals surface area contributed by atoms with Gasteiger partial charge in [0.2, 0.25) is 0 Å². The van der Waals surface area contributed by atoms with Crippen molar-refractivity contribution in [2.24, 2.45) is 0 Å². The average Bonchev–Trinajstić information content (AvgIpc) is 2.38. The van der Waals surface area contributed by atoms with Crippen molar-refractivity contribution in [1.82, 2.24) is 10.2 Å². The minimum Gasteiger partial charge on any atom is -0.320 e. The SMILES string of the molecule is CNCCCN(C)C1CCSc2ccccc21. The molecule has 2 rings (SSSR count).